The molecule has 3 heterocycles. The van der Waals surface area contributed by atoms with Crippen LogP contribution in [-0.2, 0) is 39.3 Å². The van der Waals surface area contributed by atoms with E-state index in [-0.39, 0.29) is 39.3 Å². The first-order valence-corrected chi connectivity index (χ1v) is 21.5. The van der Waals surface area contributed by atoms with Crippen LogP contribution in [0.4, 0.5) is 62.9 Å². The Balaban J connectivity index is 1.34. The number of methoxy groups -OCH3 is 1. The Morgan fingerprint density at radius 1 is 0.343 bits per heavy atom. The van der Waals surface area contributed by atoms with Gasteiger partial charge in [0.25, 0.3) is 0 Å². The van der Waals surface area contributed by atoms with Crippen LogP contribution in [0.25, 0.3) is 0 Å². The fourth-order valence-electron chi connectivity index (χ4n) is 7.91. The summed E-state index contributed by atoms with van der Waals surface area (Å²) in [5, 5.41) is 34.5. The van der Waals surface area contributed by atoms with Crippen molar-refractivity contribution in [1.82, 2.24) is 31.9 Å². The molecule has 348 valence electrons. The molecule has 19 heteroatoms. The van der Waals surface area contributed by atoms with E-state index in [0.29, 0.717) is 84.4 Å². The van der Waals surface area contributed by atoms with Crippen molar-refractivity contribution in [3.05, 3.63) is 134 Å². The molecular formula is C48H54N12O7. The minimum atomic E-state index is -0.578. The second-order valence-electron chi connectivity index (χ2n) is 16.4. The van der Waals surface area contributed by atoms with Gasteiger partial charge in [-0.3, -0.25) is 0 Å². The van der Waals surface area contributed by atoms with Gasteiger partial charge in [0.2, 0.25) is 0 Å². The van der Waals surface area contributed by atoms with Crippen molar-refractivity contribution in [2.45, 2.75) is 73.9 Å². The maximum atomic E-state index is 13.7. The molecule has 0 fully saturated rings. The van der Waals surface area contributed by atoms with Gasteiger partial charge in [0.1, 0.15) is 5.75 Å². The fraction of sp³-hybridized carbons (Fsp3) is 0.250. The molecule has 0 saturated heterocycles. The second kappa shape index (κ2) is 20.6. The van der Waals surface area contributed by atoms with Crippen molar-refractivity contribution in [2.24, 2.45) is 0 Å². The zero-order valence-electron chi connectivity index (χ0n) is 38.0. The van der Waals surface area contributed by atoms with Crippen LogP contribution in [-0.4, -0.2) is 43.3 Å². The number of aryl methyl sites for hydroxylation is 3. The van der Waals surface area contributed by atoms with E-state index in [2.05, 4.69) is 63.8 Å². The van der Waals surface area contributed by atoms with Crippen molar-refractivity contribution in [3.63, 3.8) is 0 Å². The zero-order chi connectivity index (χ0) is 47.8. The van der Waals surface area contributed by atoms with Crippen molar-refractivity contribution in [1.29, 1.82) is 0 Å². The van der Waals surface area contributed by atoms with E-state index in [1.165, 1.54) is 7.11 Å². The minimum Gasteiger partial charge on any atom is -0.496 e. The third-order valence-electron chi connectivity index (χ3n) is 11.3. The molecule has 8 rings (SSSR count). The van der Waals surface area contributed by atoms with Crippen LogP contribution < -0.4 is 68.5 Å². The maximum absolute atomic E-state index is 13.7. The highest BCUT2D eigenvalue weighted by Crippen LogP contribution is 2.35. The smallest absolute Gasteiger partial charge is 0.319 e. The zero-order valence-corrected chi connectivity index (χ0v) is 38.0. The average molecular weight is 911 g/mol. The lowest BCUT2D eigenvalue weighted by molar-refractivity contribution is 0.250. The molecule has 12 amide bonds. The van der Waals surface area contributed by atoms with Gasteiger partial charge in [-0.1, -0.05) is 36.4 Å². The van der Waals surface area contributed by atoms with Gasteiger partial charge in [0.15, 0.2) is 0 Å². The largest absolute Gasteiger partial charge is 0.496 e. The predicted octanol–water partition coefficient (Wildman–Crippen LogP) is 7.79. The van der Waals surface area contributed by atoms with Crippen LogP contribution in [0.15, 0.2) is 72.8 Å². The summed E-state index contributed by atoms with van der Waals surface area (Å²) in [5.41, 5.74) is 9.68. The summed E-state index contributed by atoms with van der Waals surface area (Å²) in [4.78, 5) is 81.5. The Labute approximate surface area is 387 Å². The van der Waals surface area contributed by atoms with Crippen molar-refractivity contribution < 1.29 is 33.5 Å². The Kier molecular flexibility index (Phi) is 14.3. The molecule has 67 heavy (non-hydrogen) atoms. The lowest BCUT2D eigenvalue weighted by Gasteiger charge is -2.24. The predicted molar refractivity (Wildman–Crippen MR) is 258 cm³/mol. The number of urea groups is 6. The molecule has 0 saturated carbocycles. The second-order valence-corrected chi connectivity index (χ2v) is 16.4. The number of carbonyl (C=O) groups excluding carboxylic acids is 6. The number of fused-ring (bicyclic) bond motifs is 18. The van der Waals surface area contributed by atoms with Gasteiger partial charge < -0.3 is 68.5 Å². The number of hydrogen-bond acceptors (Lipinski definition) is 7. The van der Waals surface area contributed by atoms with Crippen molar-refractivity contribution in [3.8, 4) is 5.75 Å². The Morgan fingerprint density at radius 3 is 0.910 bits per heavy atom. The van der Waals surface area contributed by atoms with Crippen LogP contribution in [0.1, 0.15) is 61.2 Å². The van der Waals surface area contributed by atoms with Crippen LogP contribution in [0, 0.1) is 34.6 Å². The van der Waals surface area contributed by atoms with Crippen LogP contribution in [0.5, 0.6) is 5.75 Å². The molecule has 3 aliphatic heterocycles. The van der Waals surface area contributed by atoms with Gasteiger partial charge in [-0.25, -0.2) is 28.8 Å². The number of amides is 12. The first-order chi connectivity index (χ1) is 32.1. The van der Waals surface area contributed by atoms with Crippen LogP contribution >= 0.6 is 0 Å². The summed E-state index contributed by atoms with van der Waals surface area (Å²) in [7, 11) is 1.49. The molecular weight excluding hydrogens is 857 g/mol. The van der Waals surface area contributed by atoms with Gasteiger partial charge in [0.05, 0.1) is 41.2 Å². The van der Waals surface area contributed by atoms with E-state index in [0.717, 1.165) is 16.7 Å². The van der Waals surface area contributed by atoms with Crippen LogP contribution in [0.2, 0.25) is 0 Å². The lowest BCUT2D eigenvalue weighted by Crippen LogP contribution is -2.33. The van der Waals surface area contributed by atoms with Gasteiger partial charge in [-0.2, -0.15) is 0 Å². The molecule has 19 nitrogen and oxygen atoms in total. The number of rotatable bonds is 1. The summed E-state index contributed by atoms with van der Waals surface area (Å²) in [6, 6.07) is 17.7. The highest BCUT2D eigenvalue weighted by Gasteiger charge is 2.23. The summed E-state index contributed by atoms with van der Waals surface area (Å²) in [6.07, 6.45) is 0. The SMILES string of the molecule is COc1c2c(C)c3c(C)c1CNC(=O)Nc1cc(C)ccc1NC(=O)NCc1cc(cc(c1)CNC(=O)Nc1ccc(C)cc1NC(=O)NC2)CNC(=O)Nc1ccc(C)cc1NC(=O)NC3. The fourth-order valence-corrected chi connectivity index (χ4v) is 7.91. The van der Waals surface area contributed by atoms with Gasteiger partial charge in [-0.05, 0) is 121 Å². The molecule has 5 aromatic carbocycles. The third-order valence-corrected chi connectivity index (χ3v) is 11.3. The van der Waals surface area contributed by atoms with Crippen molar-refractivity contribution >= 4 is 70.3 Å². The molecule has 6 bridgehead atoms. The molecule has 0 spiro atoms. The maximum Gasteiger partial charge on any atom is 0.319 e. The number of benzene rings is 5. The van der Waals surface area contributed by atoms with E-state index in [4.69, 9.17) is 4.74 Å². The lowest BCUT2D eigenvalue weighted by atomic mass is 9.91. The molecule has 0 unspecified atom stereocenters. The Hall–Kier alpha value is -8.48. The third kappa shape index (κ3) is 11.8. The number of anilines is 6. The summed E-state index contributed by atoms with van der Waals surface area (Å²) in [5.74, 6) is 0.397. The van der Waals surface area contributed by atoms with E-state index < -0.39 is 36.2 Å². The monoisotopic (exact) mass is 910 g/mol. The van der Waals surface area contributed by atoms with Crippen LogP contribution in [0.3, 0.4) is 0 Å². The highest BCUT2D eigenvalue weighted by molar-refractivity contribution is 6.01. The van der Waals surface area contributed by atoms with E-state index in [1.54, 1.807) is 54.6 Å². The Morgan fingerprint density at radius 2 is 0.612 bits per heavy atom. The molecule has 12 N–H and O–H groups in total. The first kappa shape index (κ1) is 46.5. The number of nitrogens with one attached hydrogen (secondary N) is 12. The van der Waals surface area contributed by atoms with E-state index in [1.807, 2.05) is 52.8 Å². The van der Waals surface area contributed by atoms with E-state index >= 15 is 0 Å². The van der Waals surface area contributed by atoms with Crippen molar-refractivity contribution in [2.75, 3.05) is 39.0 Å². The quantitative estimate of drug-likeness (QED) is 0.0794. The van der Waals surface area contributed by atoms with Gasteiger partial charge in [-0.15, -0.1) is 0 Å². The number of carbonyl (C=O) groups is 6. The molecule has 0 radical (unpaired) electrons. The molecule has 0 aromatic heterocycles. The summed E-state index contributed by atoms with van der Waals surface area (Å²) < 4.78 is 6.01. The molecule has 0 atom stereocenters. The standard InChI is InChI=1S/C48H54N12O7/c1-25-7-10-36-39(13-25)58-46(64)52-22-33-28(4)34-23-53-47(65)59-40-14-26(2)8-11-37(40)56-44(62)50-20-31-16-30(19-49-43(61)55-36)17-32(18-31)21-51-45(63)57-38-12-9-27(3)15-41(38)60-48(66)54-24-35(29(33)5)42(34)67-6/h7-18H,19-24H2,1-6H3,(H2,49,55,61)(H2,50,56,62)(H2,51,57,63)(H2,52,58,64)(H2,53,59,65)(H2,54,60,66). The normalized spacial score (nSPS) is 15.1. The first-order valence-electron chi connectivity index (χ1n) is 21.5. The topological polar surface area (TPSA) is 256 Å². The van der Waals surface area contributed by atoms with E-state index in [9.17, 15) is 28.8 Å². The number of ether oxygens (including phenoxy) is 1. The minimum absolute atomic E-state index is 0.0166. The molecule has 5 aromatic rings. The van der Waals surface area contributed by atoms with Gasteiger partial charge in [0, 0.05) is 50.4 Å². The number of hydrogen-bond donors (Lipinski definition) is 12. The summed E-state index contributed by atoms with van der Waals surface area (Å²) >= 11 is 0. The molecule has 0 aliphatic carbocycles. The summed E-state index contributed by atoms with van der Waals surface area (Å²) in [6.45, 7) is 9.32. The average Bonchev–Trinajstić information content (AvgIpc) is 3.28. The Bertz CT molecular complexity index is 2650. The van der Waals surface area contributed by atoms with Gasteiger partial charge >= 0.3 is 36.2 Å². The molecule has 3 aliphatic rings. The highest BCUT2D eigenvalue weighted by atomic mass is 16.5.